The smallest absolute Gasteiger partial charge is 0.214 e. The number of aromatic nitrogens is 2. The molecule has 0 amide bonds. The molecule has 2 aromatic rings. The number of aryl methyl sites for hydroxylation is 1. The Labute approximate surface area is 116 Å². The predicted molar refractivity (Wildman–Crippen MR) is 70.8 cm³/mol. The monoisotopic (exact) mass is 332 g/mol. The highest BCUT2D eigenvalue weighted by Gasteiger charge is 2.20. The minimum absolute atomic E-state index is 0.249. The van der Waals surface area contributed by atoms with E-state index in [0.29, 0.717) is 21.3 Å². The summed E-state index contributed by atoms with van der Waals surface area (Å²) >= 11 is 15.2. The molecule has 17 heavy (non-hydrogen) atoms. The van der Waals surface area contributed by atoms with E-state index in [-0.39, 0.29) is 5.78 Å². The van der Waals surface area contributed by atoms with Crippen LogP contribution in [0.1, 0.15) is 16.1 Å². The van der Waals surface area contributed by atoms with Gasteiger partial charge in [-0.25, -0.2) is 0 Å². The van der Waals surface area contributed by atoms with Gasteiger partial charge in [-0.3, -0.25) is 9.48 Å². The van der Waals surface area contributed by atoms with E-state index in [0.717, 1.165) is 4.47 Å². The molecule has 1 aromatic carbocycles. The normalized spacial score (nSPS) is 10.6. The molecule has 6 heteroatoms. The molecule has 1 aromatic heterocycles. The first kappa shape index (κ1) is 12.6. The van der Waals surface area contributed by atoms with Crippen molar-refractivity contribution in [1.82, 2.24) is 9.78 Å². The van der Waals surface area contributed by atoms with Crippen LogP contribution in [-0.2, 0) is 7.05 Å². The van der Waals surface area contributed by atoms with Crippen LogP contribution in [0.3, 0.4) is 0 Å². The average molecular weight is 334 g/mol. The van der Waals surface area contributed by atoms with Gasteiger partial charge in [0.25, 0.3) is 0 Å². The van der Waals surface area contributed by atoms with Crippen molar-refractivity contribution in [3.05, 3.63) is 50.2 Å². The van der Waals surface area contributed by atoms with Gasteiger partial charge in [0, 0.05) is 17.1 Å². The summed E-state index contributed by atoms with van der Waals surface area (Å²) in [7, 11) is 1.66. The lowest BCUT2D eigenvalue weighted by atomic mass is 10.1. The van der Waals surface area contributed by atoms with E-state index in [1.54, 1.807) is 25.2 Å². The van der Waals surface area contributed by atoms with Crippen molar-refractivity contribution in [2.75, 3.05) is 0 Å². The van der Waals surface area contributed by atoms with Gasteiger partial charge in [0.1, 0.15) is 5.69 Å². The molecule has 2 rings (SSSR count). The van der Waals surface area contributed by atoms with Crippen molar-refractivity contribution in [2.24, 2.45) is 7.05 Å². The van der Waals surface area contributed by atoms with Crippen LogP contribution in [0.5, 0.6) is 0 Å². The van der Waals surface area contributed by atoms with E-state index in [2.05, 4.69) is 21.0 Å². The van der Waals surface area contributed by atoms with E-state index >= 15 is 0 Å². The zero-order valence-corrected chi connectivity index (χ0v) is 11.8. The Morgan fingerprint density at radius 3 is 2.65 bits per heavy atom. The first-order chi connectivity index (χ1) is 8.00. The summed E-state index contributed by atoms with van der Waals surface area (Å²) < 4.78 is 2.21. The van der Waals surface area contributed by atoms with Crippen molar-refractivity contribution >= 4 is 44.9 Å². The quantitative estimate of drug-likeness (QED) is 0.785. The summed E-state index contributed by atoms with van der Waals surface area (Å²) in [6, 6.07) is 5.08. The summed E-state index contributed by atoms with van der Waals surface area (Å²) in [4.78, 5) is 12.3. The Bertz CT molecular complexity index is 576. The van der Waals surface area contributed by atoms with Crippen molar-refractivity contribution < 1.29 is 4.79 Å². The molecule has 0 saturated carbocycles. The lowest BCUT2D eigenvalue weighted by molar-refractivity contribution is 0.103. The number of ketones is 1. The van der Waals surface area contributed by atoms with Crippen LogP contribution in [0.4, 0.5) is 0 Å². The van der Waals surface area contributed by atoms with E-state index in [4.69, 9.17) is 23.2 Å². The van der Waals surface area contributed by atoms with Gasteiger partial charge in [0.2, 0.25) is 5.78 Å². The molecule has 88 valence electrons. The second-order valence-electron chi connectivity index (χ2n) is 3.42. The number of carbonyl (C=O) groups is 1. The van der Waals surface area contributed by atoms with Gasteiger partial charge in [0.15, 0.2) is 0 Å². The molecule has 0 unspecified atom stereocenters. The van der Waals surface area contributed by atoms with Gasteiger partial charge in [-0.2, -0.15) is 5.10 Å². The Kier molecular flexibility index (Phi) is 3.56. The van der Waals surface area contributed by atoms with E-state index < -0.39 is 0 Å². The fraction of sp³-hybridized carbons (Fsp3) is 0.0909. The molecule has 3 nitrogen and oxygen atoms in total. The van der Waals surface area contributed by atoms with Gasteiger partial charge in [0.05, 0.1) is 16.2 Å². The Morgan fingerprint density at radius 1 is 1.35 bits per heavy atom. The molecule has 0 N–H and O–H groups in total. The fourth-order valence-electron chi connectivity index (χ4n) is 1.47. The highest BCUT2D eigenvalue weighted by atomic mass is 79.9. The van der Waals surface area contributed by atoms with Gasteiger partial charge >= 0.3 is 0 Å². The lowest BCUT2D eigenvalue weighted by Gasteiger charge is -2.05. The molecule has 1 heterocycles. The van der Waals surface area contributed by atoms with Gasteiger partial charge in [-0.1, -0.05) is 39.1 Å². The van der Waals surface area contributed by atoms with Crippen LogP contribution in [-0.4, -0.2) is 15.6 Å². The minimum Gasteiger partial charge on any atom is -0.287 e. The van der Waals surface area contributed by atoms with Crippen molar-refractivity contribution in [1.29, 1.82) is 0 Å². The molecule has 0 fully saturated rings. The molecular formula is C11H7BrCl2N2O. The first-order valence-corrected chi connectivity index (χ1v) is 6.23. The van der Waals surface area contributed by atoms with Crippen molar-refractivity contribution in [3.8, 4) is 0 Å². The highest BCUT2D eigenvalue weighted by Crippen LogP contribution is 2.26. The summed E-state index contributed by atoms with van der Waals surface area (Å²) in [5.41, 5.74) is 0.721. The lowest BCUT2D eigenvalue weighted by Crippen LogP contribution is -2.09. The second kappa shape index (κ2) is 4.80. The number of carbonyl (C=O) groups excluding carboxylic acids is 1. The number of nitrogens with zero attached hydrogens (tertiary/aromatic N) is 2. The highest BCUT2D eigenvalue weighted by molar-refractivity contribution is 9.10. The molecular weight excluding hydrogens is 327 g/mol. The molecule has 0 saturated heterocycles. The maximum Gasteiger partial charge on any atom is 0.214 e. The Morgan fingerprint density at radius 2 is 2.06 bits per heavy atom. The third-order valence-corrected chi connectivity index (χ3v) is 3.38. The van der Waals surface area contributed by atoms with Crippen molar-refractivity contribution in [2.45, 2.75) is 0 Å². The zero-order valence-electron chi connectivity index (χ0n) is 8.75. The van der Waals surface area contributed by atoms with Gasteiger partial charge in [-0.05, 0) is 18.2 Å². The third-order valence-electron chi connectivity index (χ3n) is 2.28. The predicted octanol–water partition coefficient (Wildman–Crippen LogP) is 3.72. The molecule has 0 radical (unpaired) electrons. The van der Waals surface area contributed by atoms with Crippen LogP contribution in [0.2, 0.25) is 10.0 Å². The van der Waals surface area contributed by atoms with E-state index in [1.165, 1.54) is 10.9 Å². The van der Waals surface area contributed by atoms with E-state index in [9.17, 15) is 4.79 Å². The molecule has 0 aliphatic rings. The number of rotatable bonds is 2. The summed E-state index contributed by atoms with van der Waals surface area (Å²) in [5, 5.41) is 4.62. The third kappa shape index (κ3) is 2.39. The largest absolute Gasteiger partial charge is 0.287 e. The molecule has 0 aliphatic carbocycles. The van der Waals surface area contributed by atoms with Crippen molar-refractivity contribution in [3.63, 3.8) is 0 Å². The average Bonchev–Trinajstić information content (AvgIpc) is 2.61. The molecule has 0 atom stereocenters. The molecule has 0 aliphatic heterocycles. The summed E-state index contributed by atoms with van der Waals surface area (Å²) in [5.74, 6) is -0.249. The van der Waals surface area contributed by atoms with Gasteiger partial charge in [-0.15, -0.1) is 0 Å². The number of benzene rings is 1. The maximum atomic E-state index is 12.3. The van der Waals surface area contributed by atoms with Crippen LogP contribution in [0, 0.1) is 0 Å². The number of hydrogen-bond acceptors (Lipinski definition) is 2. The van der Waals surface area contributed by atoms with Crippen LogP contribution in [0.15, 0.2) is 28.9 Å². The molecule has 0 bridgehead atoms. The standard InChI is InChI=1S/C11H7BrCl2N2O/c1-16-10(9(14)5-15-16)11(17)7-4-6(12)2-3-8(7)13/h2-5H,1H3. The van der Waals surface area contributed by atoms with Gasteiger partial charge < -0.3 is 0 Å². The second-order valence-corrected chi connectivity index (χ2v) is 5.15. The first-order valence-electron chi connectivity index (χ1n) is 4.68. The number of halogens is 3. The molecule has 0 spiro atoms. The maximum absolute atomic E-state index is 12.3. The SMILES string of the molecule is Cn1ncc(Cl)c1C(=O)c1cc(Br)ccc1Cl. The van der Waals surface area contributed by atoms with Crippen LogP contribution < -0.4 is 0 Å². The Hall–Kier alpha value is -0.840. The Balaban J connectivity index is 2.55. The van der Waals surface area contributed by atoms with E-state index in [1.807, 2.05) is 0 Å². The summed E-state index contributed by atoms with van der Waals surface area (Å²) in [6.07, 6.45) is 1.43. The van der Waals surface area contributed by atoms with Crippen LogP contribution in [0.25, 0.3) is 0 Å². The number of hydrogen-bond donors (Lipinski definition) is 0. The summed E-state index contributed by atoms with van der Waals surface area (Å²) in [6.45, 7) is 0. The topological polar surface area (TPSA) is 34.9 Å². The van der Waals surface area contributed by atoms with Crippen LogP contribution >= 0.6 is 39.1 Å². The zero-order chi connectivity index (χ0) is 12.6. The fourth-order valence-corrected chi connectivity index (χ4v) is 2.28. The minimum atomic E-state index is -0.249.